The third-order valence-corrected chi connectivity index (χ3v) is 8.78. The molecule has 3 saturated heterocycles. The van der Waals surface area contributed by atoms with Crippen molar-refractivity contribution in [3.63, 3.8) is 0 Å². The Bertz CT molecular complexity index is 732. The van der Waals surface area contributed by atoms with Gasteiger partial charge >= 0.3 is 5.97 Å². The van der Waals surface area contributed by atoms with Crippen molar-refractivity contribution >= 4 is 5.97 Å². The van der Waals surface area contributed by atoms with Crippen LogP contribution in [-0.2, 0) is 19.0 Å². The maximum atomic E-state index is 13.2. The van der Waals surface area contributed by atoms with Gasteiger partial charge in [0, 0.05) is 23.2 Å². The second-order valence-corrected chi connectivity index (χ2v) is 10.1. The molecule has 3 aliphatic heterocycles. The van der Waals surface area contributed by atoms with Crippen LogP contribution in [0.5, 0.6) is 0 Å². The van der Waals surface area contributed by atoms with Gasteiger partial charge in [-0.05, 0) is 30.3 Å². The summed E-state index contributed by atoms with van der Waals surface area (Å²) in [6.45, 7) is 8.77. The van der Waals surface area contributed by atoms with Gasteiger partial charge in [-0.15, -0.1) is 0 Å². The first-order chi connectivity index (χ1) is 12.2. The molecule has 0 aromatic carbocycles. The number of aliphatic hydroxyl groups excluding tert-OH is 2. The highest BCUT2D eigenvalue weighted by molar-refractivity contribution is 5.82. The van der Waals surface area contributed by atoms with Crippen LogP contribution in [0, 0.1) is 34.0 Å². The maximum absolute atomic E-state index is 13.2. The summed E-state index contributed by atoms with van der Waals surface area (Å²) in [5, 5.41) is 21.9. The highest BCUT2D eigenvalue weighted by atomic mass is 16.6. The molecule has 3 saturated carbocycles. The topological polar surface area (TPSA) is 88.5 Å². The van der Waals surface area contributed by atoms with E-state index in [1.807, 2.05) is 0 Å². The van der Waals surface area contributed by atoms with Crippen LogP contribution < -0.4 is 0 Å². The van der Waals surface area contributed by atoms with Gasteiger partial charge in [0.15, 0.2) is 6.29 Å². The average Bonchev–Trinajstić information content (AvgIpc) is 3.25. The molecule has 2 bridgehead atoms. The van der Waals surface area contributed by atoms with Crippen molar-refractivity contribution in [3.05, 3.63) is 12.2 Å². The van der Waals surface area contributed by atoms with E-state index in [4.69, 9.17) is 14.2 Å². The molecule has 2 N–H and O–H groups in total. The van der Waals surface area contributed by atoms with Gasteiger partial charge in [-0.25, -0.2) is 0 Å². The molecule has 3 aliphatic carbocycles. The number of rotatable bonds is 0. The van der Waals surface area contributed by atoms with Crippen molar-refractivity contribution in [3.8, 4) is 0 Å². The van der Waals surface area contributed by atoms with Gasteiger partial charge in [-0.3, -0.25) is 4.79 Å². The van der Waals surface area contributed by atoms with E-state index in [2.05, 4.69) is 20.4 Å². The molecule has 0 aromatic heterocycles. The van der Waals surface area contributed by atoms with Crippen LogP contribution in [0.3, 0.4) is 0 Å². The summed E-state index contributed by atoms with van der Waals surface area (Å²) in [7, 11) is 0. The molecular weight excluding hydrogens is 336 g/mol. The summed E-state index contributed by atoms with van der Waals surface area (Å²) in [6.07, 6.45) is 0.0438. The van der Waals surface area contributed by atoms with E-state index >= 15 is 0 Å². The van der Waals surface area contributed by atoms with Crippen LogP contribution in [0.25, 0.3) is 0 Å². The molecule has 6 rings (SSSR count). The molecule has 0 radical (unpaired) electrons. The summed E-state index contributed by atoms with van der Waals surface area (Å²) < 4.78 is 17.9. The van der Waals surface area contributed by atoms with E-state index in [9.17, 15) is 15.0 Å². The van der Waals surface area contributed by atoms with Crippen LogP contribution in [-0.4, -0.2) is 53.5 Å². The zero-order valence-electron chi connectivity index (χ0n) is 15.2. The fraction of sp³-hybridized carbons (Fsp3) is 0.850. The average molecular weight is 362 g/mol. The molecule has 3 heterocycles. The zero-order chi connectivity index (χ0) is 18.2. The molecular formula is C20H26O6. The number of hydrogen-bond acceptors (Lipinski definition) is 6. The van der Waals surface area contributed by atoms with Crippen LogP contribution in [0.4, 0.5) is 0 Å². The lowest BCUT2D eigenvalue weighted by atomic mass is 9.44. The molecule has 6 heteroatoms. The lowest BCUT2D eigenvalue weighted by Gasteiger charge is -2.62. The lowest BCUT2D eigenvalue weighted by Crippen LogP contribution is -2.70. The van der Waals surface area contributed by atoms with Gasteiger partial charge in [-0.2, -0.15) is 0 Å². The minimum Gasteiger partial charge on any atom is -0.461 e. The number of fused-ring (bicyclic) bond motifs is 4. The number of esters is 1. The van der Waals surface area contributed by atoms with E-state index in [0.29, 0.717) is 18.6 Å². The van der Waals surface area contributed by atoms with Crippen molar-refractivity contribution in [2.75, 3.05) is 6.61 Å². The number of hydrogen-bond donors (Lipinski definition) is 2. The van der Waals surface area contributed by atoms with Gasteiger partial charge in [-0.1, -0.05) is 20.4 Å². The van der Waals surface area contributed by atoms with Crippen LogP contribution in [0.2, 0.25) is 0 Å². The van der Waals surface area contributed by atoms with Crippen LogP contribution in [0.1, 0.15) is 33.1 Å². The predicted molar refractivity (Wildman–Crippen MR) is 88.6 cm³/mol. The largest absolute Gasteiger partial charge is 0.461 e. The number of epoxide rings is 1. The molecule has 0 aromatic rings. The highest BCUT2D eigenvalue weighted by Crippen LogP contribution is 2.75. The quantitative estimate of drug-likeness (QED) is 0.380. The summed E-state index contributed by atoms with van der Waals surface area (Å²) in [6, 6.07) is 0. The summed E-state index contributed by atoms with van der Waals surface area (Å²) in [5.41, 5.74) is -0.947. The van der Waals surface area contributed by atoms with E-state index < -0.39 is 23.2 Å². The predicted octanol–water partition coefficient (Wildman–Crippen LogP) is 1.00. The number of ether oxygens (including phenoxy) is 3. The number of aliphatic hydroxyl groups is 2. The lowest BCUT2D eigenvalue weighted by molar-refractivity contribution is -0.248. The minimum atomic E-state index is -1.00. The van der Waals surface area contributed by atoms with Crippen LogP contribution >= 0.6 is 0 Å². The normalized spacial score (nSPS) is 61.2. The Hall–Kier alpha value is -0.950. The Morgan fingerprint density at radius 1 is 1.19 bits per heavy atom. The van der Waals surface area contributed by atoms with E-state index in [1.54, 1.807) is 0 Å². The fourth-order valence-electron chi connectivity index (χ4n) is 7.80. The van der Waals surface area contributed by atoms with Gasteiger partial charge in [0.1, 0.15) is 11.5 Å². The SMILES string of the molecule is C=C1C(O)[C@]23C[C@H]1[C@@H]1O[C@@H]1[C@H]2[C@@]12CO[C@@H](O)[C@@H]1C(C)(C)CC[C@@H]2OC3=O. The Labute approximate surface area is 152 Å². The van der Waals surface area contributed by atoms with Crippen molar-refractivity contribution < 1.29 is 29.2 Å². The Balaban J connectivity index is 1.59. The Morgan fingerprint density at radius 2 is 1.96 bits per heavy atom. The molecule has 2 spiro atoms. The molecule has 26 heavy (non-hydrogen) atoms. The monoisotopic (exact) mass is 362 g/mol. The first-order valence-corrected chi connectivity index (χ1v) is 9.78. The molecule has 6 fully saturated rings. The van der Waals surface area contributed by atoms with Crippen LogP contribution in [0.15, 0.2) is 12.2 Å². The number of carbonyl (C=O) groups is 1. The molecule has 6 nitrogen and oxygen atoms in total. The van der Waals surface area contributed by atoms with Crippen molar-refractivity contribution in [2.45, 2.75) is 63.8 Å². The standard InChI is InChI=1S/C20H26O6/c1-8-9-6-19(15(8)21)13(12-11(9)26-12)20-7-24-16(22)14(20)18(2,3)5-4-10(20)25-17(19)23/h9-16,21-22H,1,4-7H2,2-3H3/t9-,10+,11+,12+,13-,14-,15?,16-,19+,20+/m1/s1. The zero-order valence-corrected chi connectivity index (χ0v) is 15.2. The van der Waals surface area contributed by atoms with Gasteiger partial charge < -0.3 is 24.4 Å². The summed E-state index contributed by atoms with van der Waals surface area (Å²) in [5.74, 6) is -0.623. The van der Waals surface area contributed by atoms with Crippen molar-refractivity contribution in [1.82, 2.24) is 0 Å². The minimum absolute atomic E-state index is 0.0223. The molecule has 10 atom stereocenters. The molecule has 0 amide bonds. The first-order valence-electron chi connectivity index (χ1n) is 9.78. The fourth-order valence-corrected chi connectivity index (χ4v) is 7.80. The number of carbonyl (C=O) groups excluding carboxylic acids is 1. The molecule has 6 aliphatic rings. The third kappa shape index (κ3) is 1.45. The third-order valence-electron chi connectivity index (χ3n) is 8.78. The van der Waals surface area contributed by atoms with Gasteiger partial charge in [0.05, 0.1) is 24.9 Å². The van der Waals surface area contributed by atoms with E-state index in [-0.39, 0.29) is 47.4 Å². The summed E-state index contributed by atoms with van der Waals surface area (Å²) >= 11 is 0. The Morgan fingerprint density at radius 3 is 2.73 bits per heavy atom. The first kappa shape index (κ1) is 16.0. The van der Waals surface area contributed by atoms with E-state index in [1.165, 1.54) is 0 Å². The van der Waals surface area contributed by atoms with Gasteiger partial charge in [0.25, 0.3) is 0 Å². The van der Waals surface area contributed by atoms with Crippen molar-refractivity contribution in [2.24, 2.45) is 34.0 Å². The summed E-state index contributed by atoms with van der Waals surface area (Å²) in [4.78, 5) is 13.2. The second-order valence-electron chi connectivity index (χ2n) is 10.1. The van der Waals surface area contributed by atoms with E-state index in [0.717, 1.165) is 12.8 Å². The molecule has 142 valence electrons. The molecule has 1 unspecified atom stereocenters. The van der Waals surface area contributed by atoms with Gasteiger partial charge in [0.2, 0.25) is 0 Å². The Kier molecular flexibility index (Phi) is 2.70. The highest BCUT2D eigenvalue weighted by Gasteiger charge is 2.83. The smallest absolute Gasteiger partial charge is 0.315 e. The maximum Gasteiger partial charge on any atom is 0.315 e. The van der Waals surface area contributed by atoms with Crippen molar-refractivity contribution in [1.29, 1.82) is 0 Å². The second kappa shape index (κ2) is 4.37.